The van der Waals surface area contributed by atoms with Crippen LogP contribution < -0.4 is 15.8 Å². The van der Waals surface area contributed by atoms with E-state index >= 15 is 0 Å². The summed E-state index contributed by atoms with van der Waals surface area (Å²) < 4.78 is 39.6. The maximum absolute atomic E-state index is 12.0. The zero-order valence-electron chi connectivity index (χ0n) is 11.2. The number of primary amides is 1. The van der Waals surface area contributed by atoms with Crippen molar-refractivity contribution in [1.29, 1.82) is 0 Å². The molecule has 0 aliphatic carbocycles. The molecule has 3 N–H and O–H groups in total. The molecule has 0 saturated carbocycles. The Labute approximate surface area is 119 Å². The fraction of sp³-hybridized carbons (Fsp3) is 0.385. The summed E-state index contributed by atoms with van der Waals surface area (Å²) in [7, 11) is 0. The standard InChI is InChI=1S/C13H15F3N2O3/c1-8(12(17)20)18-11(19)7-4-9-2-5-10(6-3-9)21-13(14,15)16/h2-3,5-6,8H,4,7H2,1H3,(H2,17,20)(H,18,19)/t8-/m0/s1. The minimum absolute atomic E-state index is 0.0943. The quantitative estimate of drug-likeness (QED) is 0.836. The van der Waals surface area contributed by atoms with Gasteiger partial charge in [0.25, 0.3) is 0 Å². The lowest BCUT2D eigenvalue weighted by molar-refractivity contribution is -0.274. The van der Waals surface area contributed by atoms with Gasteiger partial charge in [0.15, 0.2) is 0 Å². The minimum atomic E-state index is -4.73. The molecule has 0 radical (unpaired) electrons. The lowest BCUT2D eigenvalue weighted by atomic mass is 10.1. The van der Waals surface area contributed by atoms with E-state index in [1.807, 2.05) is 0 Å². The highest BCUT2D eigenvalue weighted by Crippen LogP contribution is 2.22. The summed E-state index contributed by atoms with van der Waals surface area (Å²) in [6.07, 6.45) is -4.31. The normalized spacial score (nSPS) is 12.6. The molecule has 0 unspecified atom stereocenters. The SMILES string of the molecule is C[C@H](NC(=O)CCc1ccc(OC(F)(F)F)cc1)C(N)=O. The van der Waals surface area contributed by atoms with Crippen LogP contribution in [-0.2, 0) is 16.0 Å². The van der Waals surface area contributed by atoms with Gasteiger partial charge in [-0.25, -0.2) is 0 Å². The maximum atomic E-state index is 12.0. The summed E-state index contributed by atoms with van der Waals surface area (Å²) in [4.78, 5) is 22.3. The van der Waals surface area contributed by atoms with Crippen LogP contribution in [0, 0.1) is 0 Å². The van der Waals surface area contributed by atoms with Gasteiger partial charge in [0, 0.05) is 6.42 Å². The summed E-state index contributed by atoms with van der Waals surface area (Å²) >= 11 is 0. The summed E-state index contributed by atoms with van der Waals surface area (Å²) in [6.45, 7) is 1.46. The third-order valence-corrected chi connectivity index (χ3v) is 2.60. The van der Waals surface area contributed by atoms with Crippen LogP contribution in [0.5, 0.6) is 5.75 Å². The number of aryl methyl sites for hydroxylation is 1. The van der Waals surface area contributed by atoms with Crippen LogP contribution in [0.4, 0.5) is 13.2 Å². The van der Waals surface area contributed by atoms with Crippen molar-refractivity contribution in [2.75, 3.05) is 0 Å². The van der Waals surface area contributed by atoms with Gasteiger partial charge in [-0.3, -0.25) is 9.59 Å². The van der Waals surface area contributed by atoms with Crippen molar-refractivity contribution in [3.8, 4) is 5.75 Å². The zero-order valence-corrected chi connectivity index (χ0v) is 11.2. The smallest absolute Gasteiger partial charge is 0.406 e. The molecule has 0 fully saturated rings. The molecule has 1 aromatic carbocycles. The summed E-state index contributed by atoms with van der Waals surface area (Å²) in [5.41, 5.74) is 5.67. The number of hydrogen-bond donors (Lipinski definition) is 2. The second kappa shape index (κ2) is 6.96. The molecule has 0 aliphatic rings. The van der Waals surface area contributed by atoms with Gasteiger partial charge in [-0.05, 0) is 31.0 Å². The van der Waals surface area contributed by atoms with E-state index in [9.17, 15) is 22.8 Å². The number of rotatable bonds is 6. The topological polar surface area (TPSA) is 81.4 Å². The van der Waals surface area contributed by atoms with Crippen LogP contribution in [-0.4, -0.2) is 24.2 Å². The van der Waals surface area contributed by atoms with Gasteiger partial charge in [-0.1, -0.05) is 12.1 Å². The van der Waals surface area contributed by atoms with Gasteiger partial charge in [-0.2, -0.15) is 0 Å². The van der Waals surface area contributed by atoms with E-state index in [1.165, 1.54) is 31.2 Å². The van der Waals surface area contributed by atoms with Crippen LogP contribution in [0.25, 0.3) is 0 Å². The van der Waals surface area contributed by atoms with E-state index in [1.54, 1.807) is 0 Å². The number of hydrogen-bond acceptors (Lipinski definition) is 3. The first-order chi connectivity index (χ1) is 9.67. The number of benzene rings is 1. The molecule has 1 atom stereocenters. The van der Waals surface area contributed by atoms with Crippen LogP contribution in [0.3, 0.4) is 0 Å². The molecule has 0 saturated heterocycles. The number of nitrogens with two attached hydrogens (primary N) is 1. The average molecular weight is 304 g/mol. The monoisotopic (exact) mass is 304 g/mol. The maximum Gasteiger partial charge on any atom is 0.573 e. The molecule has 8 heteroatoms. The van der Waals surface area contributed by atoms with Crippen molar-refractivity contribution in [1.82, 2.24) is 5.32 Å². The van der Waals surface area contributed by atoms with Crippen LogP contribution in [0.15, 0.2) is 24.3 Å². The molecule has 5 nitrogen and oxygen atoms in total. The molecule has 0 heterocycles. The third kappa shape index (κ3) is 6.64. The highest BCUT2D eigenvalue weighted by Gasteiger charge is 2.30. The van der Waals surface area contributed by atoms with E-state index in [0.29, 0.717) is 12.0 Å². The van der Waals surface area contributed by atoms with Gasteiger partial charge in [0.05, 0.1) is 0 Å². The van der Waals surface area contributed by atoms with Crippen molar-refractivity contribution in [3.05, 3.63) is 29.8 Å². The fourth-order valence-corrected chi connectivity index (χ4v) is 1.50. The molecule has 0 spiro atoms. The van der Waals surface area contributed by atoms with Crippen LogP contribution in [0.2, 0.25) is 0 Å². The Bertz CT molecular complexity index is 500. The van der Waals surface area contributed by atoms with E-state index in [2.05, 4.69) is 10.1 Å². The van der Waals surface area contributed by atoms with E-state index in [0.717, 1.165) is 0 Å². The number of amides is 2. The molecule has 2 amide bonds. The number of alkyl halides is 3. The van der Waals surface area contributed by atoms with Gasteiger partial charge >= 0.3 is 6.36 Å². The number of ether oxygens (including phenoxy) is 1. The summed E-state index contributed by atoms with van der Waals surface area (Å²) in [5.74, 6) is -1.33. The molecular weight excluding hydrogens is 289 g/mol. The Hall–Kier alpha value is -2.25. The first kappa shape index (κ1) is 16.8. The molecule has 21 heavy (non-hydrogen) atoms. The Kier molecular flexibility index (Phi) is 5.57. The second-order valence-electron chi connectivity index (χ2n) is 4.38. The van der Waals surface area contributed by atoms with Crippen molar-refractivity contribution < 1.29 is 27.5 Å². The van der Waals surface area contributed by atoms with Gasteiger partial charge in [-0.15, -0.1) is 13.2 Å². The molecule has 0 aliphatic heterocycles. The summed E-state index contributed by atoms with van der Waals surface area (Å²) in [5, 5.41) is 2.41. The van der Waals surface area contributed by atoms with E-state index in [-0.39, 0.29) is 18.1 Å². The third-order valence-electron chi connectivity index (χ3n) is 2.60. The lowest BCUT2D eigenvalue weighted by Crippen LogP contribution is -2.42. The number of carbonyl (C=O) groups excluding carboxylic acids is 2. The first-order valence-electron chi connectivity index (χ1n) is 6.11. The molecule has 0 aromatic heterocycles. The highest BCUT2D eigenvalue weighted by atomic mass is 19.4. The fourth-order valence-electron chi connectivity index (χ4n) is 1.50. The molecule has 1 aromatic rings. The molecule has 116 valence electrons. The van der Waals surface area contributed by atoms with E-state index < -0.39 is 18.3 Å². The number of nitrogens with one attached hydrogen (secondary N) is 1. The van der Waals surface area contributed by atoms with Crippen molar-refractivity contribution >= 4 is 11.8 Å². The predicted octanol–water partition coefficient (Wildman–Crippen LogP) is 1.51. The van der Waals surface area contributed by atoms with Crippen LogP contribution in [0.1, 0.15) is 18.9 Å². The predicted molar refractivity (Wildman–Crippen MR) is 68.2 cm³/mol. The largest absolute Gasteiger partial charge is 0.573 e. The lowest BCUT2D eigenvalue weighted by Gasteiger charge is -2.11. The molecule has 0 bridgehead atoms. The molecule has 1 rings (SSSR count). The van der Waals surface area contributed by atoms with E-state index in [4.69, 9.17) is 5.73 Å². The Morgan fingerprint density at radius 1 is 1.29 bits per heavy atom. The van der Waals surface area contributed by atoms with Crippen LogP contribution >= 0.6 is 0 Å². The number of halogens is 3. The van der Waals surface area contributed by atoms with Gasteiger partial charge in [0.2, 0.25) is 11.8 Å². The Balaban J connectivity index is 2.46. The van der Waals surface area contributed by atoms with Crippen molar-refractivity contribution in [3.63, 3.8) is 0 Å². The summed E-state index contributed by atoms with van der Waals surface area (Å²) in [6, 6.07) is 4.46. The first-order valence-corrected chi connectivity index (χ1v) is 6.11. The molecular formula is C13H15F3N2O3. The van der Waals surface area contributed by atoms with Crippen molar-refractivity contribution in [2.45, 2.75) is 32.2 Å². The zero-order chi connectivity index (χ0) is 16.0. The van der Waals surface area contributed by atoms with Crippen molar-refractivity contribution in [2.24, 2.45) is 5.73 Å². The average Bonchev–Trinajstić information content (AvgIpc) is 2.36. The number of carbonyl (C=O) groups is 2. The highest BCUT2D eigenvalue weighted by molar-refractivity contribution is 5.86. The Morgan fingerprint density at radius 2 is 1.86 bits per heavy atom. The van der Waals surface area contributed by atoms with Gasteiger partial charge in [0.1, 0.15) is 11.8 Å². The second-order valence-corrected chi connectivity index (χ2v) is 4.38. The minimum Gasteiger partial charge on any atom is -0.406 e. The van der Waals surface area contributed by atoms with Gasteiger partial charge < -0.3 is 15.8 Å². The Morgan fingerprint density at radius 3 is 2.33 bits per heavy atom.